The maximum absolute atomic E-state index is 13.3. The van der Waals surface area contributed by atoms with Crippen molar-refractivity contribution < 1.29 is 4.39 Å². The van der Waals surface area contributed by atoms with E-state index in [9.17, 15) is 4.39 Å². The molecule has 68 valence electrons. The SMILES string of the molecule is CNCc1ncc(C(C)(C)F)s1. The second-order valence-corrected chi connectivity index (χ2v) is 4.24. The van der Waals surface area contributed by atoms with Gasteiger partial charge in [-0.1, -0.05) is 0 Å². The molecule has 1 N–H and O–H groups in total. The lowest BCUT2D eigenvalue weighted by Gasteiger charge is -2.09. The Bertz CT molecular complexity index is 252. The molecule has 0 aliphatic rings. The molecule has 4 heteroatoms. The number of halogens is 1. The monoisotopic (exact) mass is 188 g/mol. The standard InChI is InChI=1S/C8H13FN2S/c1-8(2,9)6-4-11-7(12-6)5-10-3/h4,10H,5H2,1-3H3. The van der Waals surface area contributed by atoms with Gasteiger partial charge in [-0.15, -0.1) is 11.3 Å². The average Bonchev–Trinajstić information content (AvgIpc) is 2.35. The van der Waals surface area contributed by atoms with Crippen molar-refractivity contribution in [3.63, 3.8) is 0 Å². The highest BCUT2D eigenvalue weighted by Gasteiger charge is 2.21. The first-order valence-electron chi connectivity index (χ1n) is 3.82. The largest absolute Gasteiger partial charge is 0.314 e. The van der Waals surface area contributed by atoms with Crippen LogP contribution in [0.3, 0.4) is 0 Å². The van der Waals surface area contributed by atoms with Crippen LogP contribution in [0.4, 0.5) is 4.39 Å². The summed E-state index contributed by atoms with van der Waals surface area (Å²) in [7, 11) is 1.85. The van der Waals surface area contributed by atoms with Gasteiger partial charge in [-0.2, -0.15) is 0 Å². The summed E-state index contributed by atoms with van der Waals surface area (Å²) in [5, 5.41) is 3.90. The first-order valence-corrected chi connectivity index (χ1v) is 4.64. The normalized spacial score (nSPS) is 12.0. The van der Waals surface area contributed by atoms with E-state index in [0.29, 0.717) is 11.4 Å². The predicted molar refractivity (Wildman–Crippen MR) is 49.0 cm³/mol. The summed E-state index contributed by atoms with van der Waals surface area (Å²) in [5.74, 6) is 0. The Labute approximate surface area is 75.8 Å². The first kappa shape index (κ1) is 9.61. The Morgan fingerprint density at radius 2 is 2.33 bits per heavy atom. The second-order valence-electron chi connectivity index (χ2n) is 3.12. The Morgan fingerprint density at radius 3 is 2.75 bits per heavy atom. The van der Waals surface area contributed by atoms with Crippen LogP contribution >= 0.6 is 11.3 Å². The number of thiazole rings is 1. The van der Waals surface area contributed by atoms with E-state index in [-0.39, 0.29) is 0 Å². The van der Waals surface area contributed by atoms with Crippen LogP contribution in [0, 0.1) is 0 Å². The van der Waals surface area contributed by atoms with Crippen LogP contribution in [0.1, 0.15) is 23.7 Å². The van der Waals surface area contributed by atoms with Crippen LogP contribution in [0.5, 0.6) is 0 Å². The van der Waals surface area contributed by atoms with E-state index in [4.69, 9.17) is 0 Å². The summed E-state index contributed by atoms with van der Waals surface area (Å²) in [6.45, 7) is 3.80. The van der Waals surface area contributed by atoms with E-state index >= 15 is 0 Å². The molecule has 1 heterocycles. The summed E-state index contributed by atoms with van der Waals surface area (Å²) >= 11 is 1.42. The average molecular weight is 188 g/mol. The number of alkyl halides is 1. The van der Waals surface area contributed by atoms with Crippen LogP contribution < -0.4 is 5.32 Å². The summed E-state index contributed by atoms with van der Waals surface area (Å²) in [6, 6.07) is 0. The molecule has 1 aromatic heterocycles. The third-order valence-corrected chi connectivity index (χ3v) is 2.76. The quantitative estimate of drug-likeness (QED) is 0.785. The van der Waals surface area contributed by atoms with Crippen LogP contribution in [0.15, 0.2) is 6.20 Å². The van der Waals surface area contributed by atoms with Crippen molar-refractivity contribution in [1.29, 1.82) is 0 Å². The van der Waals surface area contributed by atoms with Gasteiger partial charge in [0, 0.05) is 12.7 Å². The molecule has 12 heavy (non-hydrogen) atoms. The maximum Gasteiger partial charge on any atom is 0.141 e. The molecule has 0 fully saturated rings. The number of hydrogen-bond acceptors (Lipinski definition) is 3. The lowest BCUT2D eigenvalue weighted by atomic mass is 10.1. The Hall–Kier alpha value is -0.480. The van der Waals surface area contributed by atoms with Crippen LogP contribution in [-0.2, 0) is 12.2 Å². The van der Waals surface area contributed by atoms with Crippen molar-refractivity contribution in [2.45, 2.75) is 26.1 Å². The fourth-order valence-electron chi connectivity index (χ4n) is 0.818. The first-order chi connectivity index (χ1) is 5.54. The number of hydrogen-bond donors (Lipinski definition) is 1. The molecular weight excluding hydrogens is 175 g/mol. The van der Waals surface area contributed by atoms with Crippen LogP contribution in [0.2, 0.25) is 0 Å². The van der Waals surface area contributed by atoms with Crippen molar-refractivity contribution in [3.8, 4) is 0 Å². The second kappa shape index (κ2) is 3.49. The molecule has 0 radical (unpaired) electrons. The van der Waals surface area contributed by atoms with Crippen molar-refractivity contribution in [2.24, 2.45) is 0 Å². The minimum Gasteiger partial charge on any atom is -0.314 e. The fraction of sp³-hybridized carbons (Fsp3) is 0.625. The zero-order valence-corrected chi connectivity index (χ0v) is 8.33. The van der Waals surface area contributed by atoms with Crippen molar-refractivity contribution in [3.05, 3.63) is 16.1 Å². The number of rotatable bonds is 3. The van der Waals surface area contributed by atoms with Gasteiger partial charge in [0.05, 0.1) is 4.88 Å². The van der Waals surface area contributed by atoms with E-state index in [1.165, 1.54) is 11.3 Å². The van der Waals surface area contributed by atoms with Gasteiger partial charge in [0.15, 0.2) is 0 Å². The van der Waals surface area contributed by atoms with E-state index in [0.717, 1.165) is 5.01 Å². The molecule has 0 unspecified atom stereocenters. The van der Waals surface area contributed by atoms with Gasteiger partial charge in [0.1, 0.15) is 10.7 Å². The highest BCUT2D eigenvalue weighted by molar-refractivity contribution is 7.11. The number of aromatic nitrogens is 1. The highest BCUT2D eigenvalue weighted by Crippen LogP contribution is 2.29. The molecule has 1 aromatic rings. The van der Waals surface area contributed by atoms with Gasteiger partial charge in [-0.3, -0.25) is 0 Å². The summed E-state index contributed by atoms with van der Waals surface area (Å²) in [5.41, 5.74) is -1.26. The zero-order chi connectivity index (χ0) is 9.19. The smallest absolute Gasteiger partial charge is 0.141 e. The number of nitrogens with one attached hydrogen (secondary N) is 1. The molecule has 0 spiro atoms. The van der Waals surface area contributed by atoms with Crippen LogP contribution in [0.25, 0.3) is 0 Å². The van der Waals surface area contributed by atoms with E-state index in [2.05, 4.69) is 10.3 Å². The highest BCUT2D eigenvalue weighted by atomic mass is 32.1. The molecule has 0 aliphatic heterocycles. The summed E-state index contributed by atoms with van der Waals surface area (Å²) in [6.07, 6.45) is 1.61. The third kappa shape index (κ3) is 2.25. The molecule has 0 saturated heterocycles. The molecule has 2 nitrogen and oxygen atoms in total. The predicted octanol–water partition coefficient (Wildman–Crippen LogP) is 2.07. The Morgan fingerprint density at radius 1 is 1.67 bits per heavy atom. The van der Waals surface area contributed by atoms with E-state index in [1.54, 1.807) is 20.0 Å². The van der Waals surface area contributed by atoms with Crippen LogP contribution in [-0.4, -0.2) is 12.0 Å². The fourth-order valence-corrected chi connectivity index (χ4v) is 1.74. The van der Waals surface area contributed by atoms with Gasteiger partial charge >= 0.3 is 0 Å². The topological polar surface area (TPSA) is 24.9 Å². The van der Waals surface area contributed by atoms with Crippen molar-refractivity contribution in [1.82, 2.24) is 10.3 Å². The molecule has 1 rings (SSSR count). The number of nitrogens with zero attached hydrogens (tertiary/aromatic N) is 1. The molecule has 0 bridgehead atoms. The third-order valence-electron chi connectivity index (χ3n) is 1.47. The van der Waals surface area contributed by atoms with Gasteiger partial charge < -0.3 is 5.32 Å². The molecule has 0 saturated carbocycles. The van der Waals surface area contributed by atoms with E-state index < -0.39 is 5.67 Å². The van der Waals surface area contributed by atoms with Crippen molar-refractivity contribution >= 4 is 11.3 Å². The van der Waals surface area contributed by atoms with Gasteiger partial charge in [0.2, 0.25) is 0 Å². The van der Waals surface area contributed by atoms with Gasteiger partial charge in [-0.25, -0.2) is 9.37 Å². The Balaban J connectivity index is 2.77. The minimum absolute atomic E-state index is 0.688. The van der Waals surface area contributed by atoms with Crippen molar-refractivity contribution in [2.75, 3.05) is 7.05 Å². The van der Waals surface area contributed by atoms with Gasteiger partial charge in [-0.05, 0) is 20.9 Å². The van der Waals surface area contributed by atoms with E-state index in [1.807, 2.05) is 7.05 Å². The molecule has 0 aromatic carbocycles. The van der Waals surface area contributed by atoms with Gasteiger partial charge in [0.25, 0.3) is 0 Å². The summed E-state index contributed by atoms with van der Waals surface area (Å²) in [4.78, 5) is 4.78. The molecule has 0 aliphatic carbocycles. The maximum atomic E-state index is 13.3. The Kier molecular flexibility index (Phi) is 2.80. The lowest BCUT2D eigenvalue weighted by molar-refractivity contribution is 0.226. The summed E-state index contributed by atoms with van der Waals surface area (Å²) < 4.78 is 13.3. The lowest BCUT2D eigenvalue weighted by Crippen LogP contribution is -2.06. The zero-order valence-electron chi connectivity index (χ0n) is 7.52. The minimum atomic E-state index is -1.26. The molecule has 0 amide bonds. The molecule has 0 atom stereocenters. The molecular formula is C8H13FN2S.